The Kier molecular flexibility index (Phi) is 2.44. The van der Waals surface area contributed by atoms with Crippen LogP contribution in [0.5, 0.6) is 0 Å². The van der Waals surface area contributed by atoms with E-state index >= 15 is 0 Å². The summed E-state index contributed by atoms with van der Waals surface area (Å²) < 4.78 is 5.24. The van der Waals surface area contributed by atoms with Crippen LogP contribution in [0.3, 0.4) is 0 Å². The largest absolute Gasteiger partial charge is 0.622 e. The Morgan fingerprint density at radius 3 is 2.68 bits per heavy atom. The maximum atomic E-state index is 12.7. The highest BCUT2D eigenvalue weighted by Crippen LogP contribution is 2.45. The molecule has 22 heavy (non-hydrogen) atoms. The van der Waals surface area contributed by atoms with Gasteiger partial charge in [0.25, 0.3) is 11.4 Å². The van der Waals surface area contributed by atoms with E-state index < -0.39 is 11.3 Å². The molecule has 0 amide bonds. The lowest BCUT2D eigenvalue weighted by Gasteiger charge is -2.24. The van der Waals surface area contributed by atoms with Gasteiger partial charge in [-0.25, -0.2) is 0 Å². The van der Waals surface area contributed by atoms with Crippen LogP contribution in [0.1, 0.15) is 29.8 Å². The number of hydrogen-bond acceptors (Lipinski definition) is 6. The van der Waals surface area contributed by atoms with Gasteiger partial charge in [-0.15, -0.1) is 0 Å². The molecule has 4 rings (SSSR count). The molecule has 0 spiro atoms. The summed E-state index contributed by atoms with van der Waals surface area (Å²) in [7, 11) is 0. The van der Waals surface area contributed by atoms with E-state index in [0.717, 1.165) is 0 Å². The summed E-state index contributed by atoms with van der Waals surface area (Å²) in [5, 5.41) is 38.9. The maximum Gasteiger partial charge on any atom is 0.263 e. The van der Waals surface area contributed by atoms with Gasteiger partial charge in [0, 0.05) is 23.6 Å². The quantitative estimate of drug-likeness (QED) is 0.546. The summed E-state index contributed by atoms with van der Waals surface area (Å²) in [6.45, 7) is 0. The molecular weight excluding hydrogens is 288 g/mol. The van der Waals surface area contributed by atoms with Gasteiger partial charge in [0.2, 0.25) is 17.0 Å². The summed E-state index contributed by atoms with van der Waals surface area (Å²) in [4.78, 5) is 0.276. The van der Waals surface area contributed by atoms with Crippen molar-refractivity contribution in [2.75, 3.05) is 0 Å². The molecule has 8 heteroatoms. The van der Waals surface area contributed by atoms with Crippen LogP contribution in [0.15, 0.2) is 35.0 Å². The van der Waals surface area contributed by atoms with Crippen LogP contribution in [-0.2, 0) is 17.7 Å². The molecule has 2 atom stereocenters. The van der Waals surface area contributed by atoms with Crippen LogP contribution in [-0.4, -0.2) is 20.7 Å². The Labute approximate surface area is 125 Å². The summed E-state index contributed by atoms with van der Waals surface area (Å²) in [6.07, 6.45) is 0.439. The van der Waals surface area contributed by atoms with Gasteiger partial charge in [0.05, 0.1) is 6.42 Å². The first kappa shape index (κ1) is 13.2. The van der Waals surface area contributed by atoms with Crippen molar-refractivity contribution in [3.05, 3.63) is 57.7 Å². The fourth-order valence-corrected chi connectivity index (χ4v) is 3.47. The third kappa shape index (κ3) is 1.45. The third-order valence-electron chi connectivity index (χ3n) is 4.57. The monoisotopic (exact) mass is 302 g/mol. The van der Waals surface area contributed by atoms with Crippen LogP contribution in [0.2, 0.25) is 0 Å². The van der Waals surface area contributed by atoms with Crippen molar-refractivity contribution < 1.29 is 19.4 Å². The number of aliphatic hydroxyl groups is 1. The van der Waals surface area contributed by atoms with Crippen LogP contribution in [0, 0.1) is 10.4 Å². The van der Waals surface area contributed by atoms with Gasteiger partial charge in [-0.1, -0.05) is 30.3 Å². The van der Waals surface area contributed by atoms with Crippen molar-refractivity contribution in [1.82, 2.24) is 5.16 Å². The second-order valence-corrected chi connectivity index (χ2v) is 5.79. The van der Waals surface area contributed by atoms with E-state index in [1.807, 2.05) is 6.07 Å². The van der Waals surface area contributed by atoms with Crippen LogP contribution in [0.25, 0.3) is 0 Å². The van der Waals surface area contributed by atoms with E-state index in [9.17, 15) is 15.5 Å². The molecule has 1 aromatic heterocycles. The zero-order valence-corrected chi connectivity index (χ0v) is 11.6. The minimum atomic E-state index is -1.67. The Balaban J connectivity index is 1.90. The molecule has 0 saturated carbocycles. The first-order valence-electron chi connectivity index (χ1n) is 6.96. The molecular formula is C14H14N4O4. The van der Waals surface area contributed by atoms with Crippen molar-refractivity contribution in [3.63, 3.8) is 0 Å². The Morgan fingerprint density at radius 1 is 1.23 bits per heavy atom. The Bertz CT molecular complexity index is 787. The second-order valence-electron chi connectivity index (χ2n) is 5.79. The standard InChI is InChI=1S/C14H14N4O4/c15-14(9-4-2-1-3-5-9)8-13(19)11(17(14)20)7-6-10-12(13)16-22-18(10)21/h1-5,19H,6-8,15H2/t13-,14-/m0/s1. The molecule has 1 aliphatic heterocycles. The molecule has 2 aliphatic rings. The number of nitrogens with two attached hydrogens (primary N) is 1. The summed E-state index contributed by atoms with van der Waals surface area (Å²) in [5.41, 5.74) is 4.41. The van der Waals surface area contributed by atoms with Crippen molar-refractivity contribution in [1.29, 1.82) is 0 Å². The normalized spacial score (nSPS) is 30.3. The van der Waals surface area contributed by atoms with E-state index in [-0.39, 0.29) is 41.3 Å². The number of fused-ring (bicyclic) bond motifs is 3. The highest BCUT2D eigenvalue weighted by atomic mass is 16.8. The minimum absolute atomic E-state index is 0.0810. The molecule has 0 fully saturated rings. The molecule has 3 N–H and O–H groups in total. The number of benzene rings is 1. The predicted molar refractivity (Wildman–Crippen MR) is 73.2 cm³/mol. The lowest BCUT2D eigenvalue weighted by molar-refractivity contribution is -0.808. The van der Waals surface area contributed by atoms with Crippen LogP contribution in [0.4, 0.5) is 0 Å². The van der Waals surface area contributed by atoms with Gasteiger partial charge < -0.3 is 15.5 Å². The minimum Gasteiger partial charge on any atom is -0.622 e. The molecule has 8 nitrogen and oxygen atoms in total. The summed E-state index contributed by atoms with van der Waals surface area (Å²) in [5.74, 6) is 0. The number of aromatic nitrogens is 2. The molecule has 0 saturated heterocycles. The number of nitrogens with zero attached hydrogens (tertiary/aromatic N) is 3. The van der Waals surface area contributed by atoms with E-state index in [4.69, 9.17) is 5.73 Å². The van der Waals surface area contributed by atoms with Crippen LogP contribution >= 0.6 is 0 Å². The average molecular weight is 302 g/mol. The van der Waals surface area contributed by atoms with Gasteiger partial charge >= 0.3 is 0 Å². The molecule has 0 bridgehead atoms. The first-order valence-corrected chi connectivity index (χ1v) is 6.96. The molecule has 1 aromatic carbocycles. The molecule has 0 radical (unpaired) electrons. The van der Waals surface area contributed by atoms with Crippen LogP contribution < -0.4 is 10.6 Å². The Hall–Kier alpha value is -2.45. The van der Waals surface area contributed by atoms with E-state index in [1.54, 1.807) is 24.3 Å². The molecule has 1 aliphatic carbocycles. The van der Waals surface area contributed by atoms with Gasteiger partial charge in [-0.3, -0.25) is 10.4 Å². The SMILES string of the molecule is N[C@@]1(c2ccccc2)C[C@]2(O)C(=[N+]1[O-])CCc1c2no[n+]1[O-]. The molecule has 2 heterocycles. The highest BCUT2D eigenvalue weighted by Gasteiger charge is 2.64. The van der Waals surface area contributed by atoms with Crippen molar-refractivity contribution in [2.45, 2.75) is 30.5 Å². The lowest BCUT2D eigenvalue weighted by Crippen LogP contribution is -2.44. The van der Waals surface area contributed by atoms with Crippen molar-refractivity contribution in [3.8, 4) is 0 Å². The van der Waals surface area contributed by atoms with E-state index in [2.05, 4.69) is 9.79 Å². The fourth-order valence-electron chi connectivity index (χ4n) is 3.47. The topological polar surface area (TPSA) is 125 Å². The van der Waals surface area contributed by atoms with Gasteiger partial charge in [0.1, 0.15) is 0 Å². The number of rotatable bonds is 1. The zero-order chi connectivity index (χ0) is 15.5. The number of hydroxylamine groups is 1. The van der Waals surface area contributed by atoms with Crippen molar-refractivity contribution >= 4 is 5.71 Å². The molecule has 2 aromatic rings. The van der Waals surface area contributed by atoms with Crippen molar-refractivity contribution in [2.24, 2.45) is 5.73 Å². The molecule has 0 unspecified atom stereocenters. The third-order valence-corrected chi connectivity index (χ3v) is 4.57. The maximum absolute atomic E-state index is 12.7. The van der Waals surface area contributed by atoms with E-state index in [1.165, 1.54) is 0 Å². The Morgan fingerprint density at radius 2 is 1.95 bits per heavy atom. The lowest BCUT2D eigenvalue weighted by atomic mass is 9.80. The predicted octanol–water partition coefficient (Wildman–Crippen LogP) is -0.391. The van der Waals surface area contributed by atoms with E-state index in [0.29, 0.717) is 10.3 Å². The van der Waals surface area contributed by atoms with Gasteiger partial charge in [0.15, 0.2) is 0 Å². The number of hydrogen-bond donors (Lipinski definition) is 2. The first-order chi connectivity index (χ1) is 10.5. The van der Waals surface area contributed by atoms with Gasteiger partial charge in [-0.05, 0) is 4.90 Å². The van der Waals surface area contributed by atoms with Gasteiger partial charge in [-0.2, -0.15) is 4.74 Å². The zero-order valence-electron chi connectivity index (χ0n) is 11.6. The summed E-state index contributed by atoms with van der Waals surface area (Å²) >= 11 is 0. The fraction of sp³-hybridized carbons (Fsp3) is 0.357. The smallest absolute Gasteiger partial charge is 0.263 e. The average Bonchev–Trinajstić information content (AvgIpc) is 2.99. The summed E-state index contributed by atoms with van der Waals surface area (Å²) in [6, 6.07) is 8.86. The second kappa shape index (κ2) is 4.05. The molecule has 114 valence electrons. The highest BCUT2D eigenvalue weighted by molar-refractivity contribution is 5.92.